The maximum Gasteiger partial charge on any atom is 0.236 e. The monoisotopic (exact) mass is 332 g/mol. The Kier molecular flexibility index (Phi) is 6.30. The fraction of sp³-hybridized carbons (Fsp3) is 0.389. The summed E-state index contributed by atoms with van der Waals surface area (Å²) in [6, 6.07) is 12.3. The topological polar surface area (TPSA) is 36.7 Å². The minimum atomic E-state index is 0.0855. The lowest BCUT2D eigenvalue weighted by Crippen LogP contribution is -2.35. The number of benzene rings is 1. The van der Waals surface area contributed by atoms with Gasteiger partial charge >= 0.3 is 0 Å². The van der Waals surface area contributed by atoms with Gasteiger partial charge in [0.25, 0.3) is 0 Å². The number of rotatable bonds is 7. The van der Waals surface area contributed by atoms with E-state index in [4.69, 9.17) is 4.42 Å². The minimum absolute atomic E-state index is 0.0855. The van der Waals surface area contributed by atoms with Crippen LogP contribution in [-0.2, 0) is 17.9 Å². The number of hydrogen-bond acceptors (Lipinski definition) is 4. The Labute approximate surface area is 142 Å². The molecule has 5 heteroatoms. The molecule has 124 valence electrons. The van der Waals surface area contributed by atoms with Gasteiger partial charge in [-0.25, -0.2) is 0 Å². The number of aryl methyl sites for hydroxylation is 1. The van der Waals surface area contributed by atoms with E-state index in [1.807, 2.05) is 31.0 Å². The Balaban J connectivity index is 1.83. The van der Waals surface area contributed by atoms with Gasteiger partial charge in [-0.05, 0) is 50.1 Å². The summed E-state index contributed by atoms with van der Waals surface area (Å²) in [6.45, 7) is 3.55. The molecule has 0 aliphatic heterocycles. The number of amides is 1. The molecule has 2 aromatic rings. The molecule has 0 bridgehead atoms. The van der Waals surface area contributed by atoms with Crippen LogP contribution in [0.25, 0.3) is 0 Å². The summed E-state index contributed by atoms with van der Waals surface area (Å²) in [5.41, 5.74) is 1.21. The SMILES string of the molecule is CSc1ccc(CN(C)CC(=O)N(C)Cc2ccc(C)o2)cc1. The van der Waals surface area contributed by atoms with Gasteiger partial charge in [-0.2, -0.15) is 0 Å². The summed E-state index contributed by atoms with van der Waals surface area (Å²) >= 11 is 1.73. The van der Waals surface area contributed by atoms with Crippen molar-refractivity contribution >= 4 is 17.7 Å². The van der Waals surface area contributed by atoms with E-state index in [-0.39, 0.29) is 5.91 Å². The van der Waals surface area contributed by atoms with E-state index in [0.717, 1.165) is 18.1 Å². The molecule has 0 radical (unpaired) electrons. The summed E-state index contributed by atoms with van der Waals surface area (Å²) in [5, 5.41) is 0. The molecule has 0 aliphatic carbocycles. The van der Waals surface area contributed by atoms with Crippen LogP contribution in [0, 0.1) is 6.92 Å². The van der Waals surface area contributed by atoms with Crippen LogP contribution in [-0.4, -0.2) is 42.6 Å². The van der Waals surface area contributed by atoms with Crippen molar-refractivity contribution in [3.8, 4) is 0 Å². The van der Waals surface area contributed by atoms with Crippen LogP contribution in [0.1, 0.15) is 17.1 Å². The molecule has 0 N–H and O–H groups in total. The van der Waals surface area contributed by atoms with E-state index in [1.54, 1.807) is 23.7 Å². The highest BCUT2D eigenvalue weighted by Crippen LogP contribution is 2.15. The molecule has 1 heterocycles. The van der Waals surface area contributed by atoms with Crippen LogP contribution in [0.5, 0.6) is 0 Å². The average molecular weight is 332 g/mol. The Morgan fingerprint density at radius 1 is 1.09 bits per heavy atom. The largest absolute Gasteiger partial charge is 0.464 e. The molecule has 0 fully saturated rings. The quantitative estimate of drug-likeness (QED) is 0.728. The van der Waals surface area contributed by atoms with Crippen LogP contribution in [0.4, 0.5) is 0 Å². The zero-order valence-corrected chi connectivity index (χ0v) is 15.0. The van der Waals surface area contributed by atoms with Crippen molar-refractivity contribution < 1.29 is 9.21 Å². The highest BCUT2D eigenvalue weighted by molar-refractivity contribution is 7.98. The normalized spacial score (nSPS) is 11.0. The molecule has 23 heavy (non-hydrogen) atoms. The number of thioether (sulfide) groups is 1. The van der Waals surface area contributed by atoms with Gasteiger partial charge in [0, 0.05) is 18.5 Å². The fourth-order valence-electron chi connectivity index (χ4n) is 2.34. The van der Waals surface area contributed by atoms with Gasteiger partial charge in [0.1, 0.15) is 11.5 Å². The Morgan fingerprint density at radius 3 is 2.35 bits per heavy atom. The van der Waals surface area contributed by atoms with Crippen LogP contribution in [0.15, 0.2) is 45.7 Å². The smallest absolute Gasteiger partial charge is 0.236 e. The maximum absolute atomic E-state index is 12.3. The maximum atomic E-state index is 12.3. The molecular formula is C18H24N2O2S. The van der Waals surface area contributed by atoms with E-state index in [9.17, 15) is 4.79 Å². The second-order valence-electron chi connectivity index (χ2n) is 5.78. The lowest BCUT2D eigenvalue weighted by Gasteiger charge is -2.21. The van der Waals surface area contributed by atoms with Crippen molar-refractivity contribution in [3.63, 3.8) is 0 Å². The number of furan rings is 1. The van der Waals surface area contributed by atoms with Crippen LogP contribution in [0.3, 0.4) is 0 Å². The molecule has 0 spiro atoms. The number of nitrogens with zero attached hydrogens (tertiary/aromatic N) is 2. The molecule has 0 atom stereocenters. The third-order valence-electron chi connectivity index (χ3n) is 3.63. The molecule has 0 unspecified atom stereocenters. The van der Waals surface area contributed by atoms with Crippen molar-refractivity contribution in [2.24, 2.45) is 0 Å². The van der Waals surface area contributed by atoms with Gasteiger partial charge in [0.15, 0.2) is 0 Å². The van der Waals surface area contributed by atoms with Gasteiger partial charge in [-0.15, -0.1) is 11.8 Å². The lowest BCUT2D eigenvalue weighted by molar-refractivity contribution is -0.131. The third kappa shape index (κ3) is 5.44. The first-order chi connectivity index (χ1) is 11.0. The van der Waals surface area contributed by atoms with Gasteiger partial charge < -0.3 is 9.32 Å². The second kappa shape index (κ2) is 8.22. The van der Waals surface area contributed by atoms with Crippen molar-refractivity contribution in [3.05, 3.63) is 53.5 Å². The molecule has 4 nitrogen and oxygen atoms in total. The average Bonchev–Trinajstić information content (AvgIpc) is 2.93. The number of carbonyl (C=O) groups excluding carboxylic acids is 1. The first-order valence-electron chi connectivity index (χ1n) is 7.58. The van der Waals surface area contributed by atoms with Crippen molar-refractivity contribution in [2.45, 2.75) is 24.9 Å². The highest BCUT2D eigenvalue weighted by Gasteiger charge is 2.13. The van der Waals surface area contributed by atoms with Crippen LogP contribution >= 0.6 is 11.8 Å². The molecule has 0 saturated heterocycles. The van der Waals surface area contributed by atoms with E-state index in [1.165, 1.54) is 10.5 Å². The number of carbonyl (C=O) groups is 1. The summed E-state index contributed by atoms with van der Waals surface area (Å²) in [5.74, 6) is 1.77. The van der Waals surface area contributed by atoms with Crippen molar-refractivity contribution in [1.82, 2.24) is 9.80 Å². The van der Waals surface area contributed by atoms with E-state index in [0.29, 0.717) is 13.1 Å². The Morgan fingerprint density at radius 2 is 1.78 bits per heavy atom. The minimum Gasteiger partial charge on any atom is -0.464 e. The molecule has 1 aromatic carbocycles. The molecule has 0 saturated carbocycles. The highest BCUT2D eigenvalue weighted by atomic mass is 32.2. The predicted octanol–water partition coefficient (Wildman–Crippen LogP) is 3.40. The Bertz CT molecular complexity index is 637. The first-order valence-corrected chi connectivity index (χ1v) is 8.81. The number of likely N-dealkylation sites (N-methyl/N-ethyl adjacent to an activating group) is 2. The second-order valence-corrected chi connectivity index (χ2v) is 6.66. The Hall–Kier alpha value is -1.72. The van der Waals surface area contributed by atoms with Gasteiger partial charge in [0.2, 0.25) is 5.91 Å². The molecule has 0 aliphatic rings. The zero-order chi connectivity index (χ0) is 16.8. The van der Waals surface area contributed by atoms with Crippen LogP contribution < -0.4 is 0 Å². The van der Waals surface area contributed by atoms with Crippen LogP contribution in [0.2, 0.25) is 0 Å². The molecule has 1 aromatic heterocycles. The fourth-order valence-corrected chi connectivity index (χ4v) is 2.75. The predicted molar refractivity (Wildman–Crippen MR) is 94.5 cm³/mol. The van der Waals surface area contributed by atoms with Crippen molar-refractivity contribution in [1.29, 1.82) is 0 Å². The van der Waals surface area contributed by atoms with Gasteiger partial charge in [-0.3, -0.25) is 9.69 Å². The summed E-state index contributed by atoms with van der Waals surface area (Å²) in [4.78, 5) is 17.3. The van der Waals surface area contributed by atoms with E-state index < -0.39 is 0 Å². The molecular weight excluding hydrogens is 308 g/mol. The lowest BCUT2D eigenvalue weighted by atomic mass is 10.2. The summed E-state index contributed by atoms with van der Waals surface area (Å²) in [7, 11) is 3.77. The van der Waals surface area contributed by atoms with Gasteiger partial charge in [0.05, 0.1) is 13.1 Å². The van der Waals surface area contributed by atoms with Gasteiger partial charge in [-0.1, -0.05) is 12.1 Å². The molecule has 1 amide bonds. The third-order valence-corrected chi connectivity index (χ3v) is 4.38. The summed E-state index contributed by atoms with van der Waals surface area (Å²) in [6.07, 6.45) is 2.07. The first kappa shape index (κ1) is 17.6. The zero-order valence-electron chi connectivity index (χ0n) is 14.2. The van der Waals surface area contributed by atoms with E-state index in [2.05, 4.69) is 30.5 Å². The molecule has 2 rings (SSSR count). The standard InChI is InChI=1S/C18H24N2O2S/c1-14-5-8-16(22-14)12-20(3)18(21)13-19(2)11-15-6-9-17(23-4)10-7-15/h5-10H,11-13H2,1-4H3. The summed E-state index contributed by atoms with van der Waals surface area (Å²) < 4.78 is 5.52. The van der Waals surface area contributed by atoms with Crippen molar-refractivity contribution in [2.75, 3.05) is 26.9 Å². The van der Waals surface area contributed by atoms with E-state index >= 15 is 0 Å². The number of hydrogen-bond donors (Lipinski definition) is 0.